The van der Waals surface area contributed by atoms with Gasteiger partial charge in [0.1, 0.15) is 0 Å². The summed E-state index contributed by atoms with van der Waals surface area (Å²) in [6.07, 6.45) is 0.935. The fraction of sp³-hybridized carbons (Fsp3) is 0.588. The highest BCUT2D eigenvalue weighted by atomic mass is 16.5. The highest BCUT2D eigenvalue weighted by Crippen LogP contribution is 2.17. The molecule has 2 atom stereocenters. The zero-order valence-electron chi connectivity index (χ0n) is 13.0. The highest BCUT2D eigenvalue weighted by Gasteiger charge is 2.26. The van der Waals surface area contributed by atoms with Gasteiger partial charge in [-0.1, -0.05) is 30.3 Å². The van der Waals surface area contributed by atoms with Gasteiger partial charge in [-0.15, -0.1) is 0 Å². The first-order chi connectivity index (χ1) is 10.8. The van der Waals surface area contributed by atoms with Crippen molar-refractivity contribution >= 4 is 5.91 Å². The summed E-state index contributed by atoms with van der Waals surface area (Å²) in [5.41, 5.74) is 1.17. The minimum absolute atomic E-state index is 0.0485. The lowest BCUT2D eigenvalue weighted by molar-refractivity contribution is -0.125. The third-order valence-electron chi connectivity index (χ3n) is 4.49. The monoisotopic (exact) mass is 303 g/mol. The molecule has 2 aliphatic heterocycles. The van der Waals surface area contributed by atoms with E-state index in [-0.39, 0.29) is 17.9 Å². The summed E-state index contributed by atoms with van der Waals surface area (Å²) >= 11 is 0. The molecule has 2 unspecified atom stereocenters. The van der Waals surface area contributed by atoms with Gasteiger partial charge < -0.3 is 15.4 Å². The van der Waals surface area contributed by atoms with Crippen LogP contribution < -0.4 is 10.6 Å². The van der Waals surface area contributed by atoms with Gasteiger partial charge in [0.05, 0.1) is 25.2 Å². The number of nitrogens with zero attached hydrogens (tertiary/aromatic N) is 1. The number of morpholine rings is 1. The Kier molecular flexibility index (Phi) is 5.43. The molecule has 22 heavy (non-hydrogen) atoms. The van der Waals surface area contributed by atoms with Gasteiger partial charge in [0.15, 0.2) is 0 Å². The number of benzene rings is 1. The minimum Gasteiger partial charge on any atom is -0.379 e. The van der Waals surface area contributed by atoms with Crippen molar-refractivity contribution in [3.8, 4) is 0 Å². The number of hydrogen-bond acceptors (Lipinski definition) is 4. The van der Waals surface area contributed by atoms with E-state index in [9.17, 15) is 4.79 Å². The molecule has 3 rings (SSSR count). The van der Waals surface area contributed by atoms with Crippen LogP contribution >= 0.6 is 0 Å². The quantitative estimate of drug-likeness (QED) is 0.844. The second-order valence-corrected chi connectivity index (χ2v) is 6.07. The molecule has 0 spiro atoms. The van der Waals surface area contributed by atoms with Crippen LogP contribution in [-0.4, -0.2) is 56.7 Å². The van der Waals surface area contributed by atoms with Crippen LogP contribution in [0.3, 0.4) is 0 Å². The van der Waals surface area contributed by atoms with Gasteiger partial charge in [0.2, 0.25) is 5.91 Å². The van der Waals surface area contributed by atoms with Crippen LogP contribution in [0, 0.1) is 5.92 Å². The predicted octanol–water partition coefficient (Wildman–Crippen LogP) is 0.786. The van der Waals surface area contributed by atoms with E-state index < -0.39 is 0 Å². The molecule has 0 bridgehead atoms. The molecule has 5 heteroatoms. The Bertz CT molecular complexity index is 468. The molecule has 0 aromatic heterocycles. The van der Waals surface area contributed by atoms with Crippen LogP contribution in [0.15, 0.2) is 30.3 Å². The highest BCUT2D eigenvalue weighted by molar-refractivity contribution is 5.79. The van der Waals surface area contributed by atoms with E-state index in [1.165, 1.54) is 5.56 Å². The van der Waals surface area contributed by atoms with E-state index in [1.807, 2.05) is 18.2 Å². The lowest BCUT2D eigenvalue weighted by Crippen LogP contribution is -2.44. The van der Waals surface area contributed by atoms with Crippen molar-refractivity contribution in [2.24, 2.45) is 5.92 Å². The van der Waals surface area contributed by atoms with Crippen LogP contribution in [0.4, 0.5) is 0 Å². The molecule has 0 aliphatic carbocycles. The molecule has 0 radical (unpaired) electrons. The summed E-state index contributed by atoms with van der Waals surface area (Å²) in [7, 11) is 0. The fourth-order valence-electron chi connectivity index (χ4n) is 3.13. The molecule has 1 aromatic carbocycles. The van der Waals surface area contributed by atoms with Crippen LogP contribution in [-0.2, 0) is 9.53 Å². The summed E-state index contributed by atoms with van der Waals surface area (Å²) < 4.78 is 5.41. The minimum atomic E-state index is 0.0485. The van der Waals surface area contributed by atoms with Crippen molar-refractivity contribution in [1.82, 2.24) is 15.5 Å². The lowest BCUT2D eigenvalue weighted by atomic mass is 10.0. The first-order valence-electron chi connectivity index (χ1n) is 8.19. The van der Waals surface area contributed by atoms with Gasteiger partial charge in [-0.3, -0.25) is 9.69 Å². The summed E-state index contributed by atoms with van der Waals surface area (Å²) in [5.74, 6) is 0.281. The van der Waals surface area contributed by atoms with E-state index >= 15 is 0 Å². The first kappa shape index (κ1) is 15.5. The van der Waals surface area contributed by atoms with Crippen molar-refractivity contribution in [2.75, 3.05) is 45.9 Å². The number of nitrogens with one attached hydrogen (secondary N) is 2. The standard InChI is InChI=1S/C17H25N3O2/c21-17(15-6-7-18-12-15)19-16(14-4-2-1-3-5-14)13-20-8-10-22-11-9-20/h1-5,15-16,18H,6-13H2,(H,19,21). The molecule has 2 N–H and O–H groups in total. The molecule has 0 saturated carbocycles. The average Bonchev–Trinajstić information content (AvgIpc) is 3.11. The Hall–Kier alpha value is -1.43. The molecule has 1 amide bonds. The second kappa shape index (κ2) is 7.72. The average molecular weight is 303 g/mol. The summed E-state index contributed by atoms with van der Waals surface area (Å²) in [6, 6.07) is 10.3. The van der Waals surface area contributed by atoms with Crippen molar-refractivity contribution in [3.63, 3.8) is 0 Å². The van der Waals surface area contributed by atoms with E-state index in [4.69, 9.17) is 4.74 Å². The zero-order chi connectivity index (χ0) is 15.2. The maximum absolute atomic E-state index is 12.5. The van der Waals surface area contributed by atoms with Gasteiger partial charge in [0.25, 0.3) is 0 Å². The van der Waals surface area contributed by atoms with Crippen molar-refractivity contribution in [2.45, 2.75) is 12.5 Å². The summed E-state index contributed by atoms with van der Waals surface area (Å²) in [5, 5.41) is 6.52. The third-order valence-corrected chi connectivity index (χ3v) is 4.49. The van der Waals surface area contributed by atoms with Crippen molar-refractivity contribution in [3.05, 3.63) is 35.9 Å². The van der Waals surface area contributed by atoms with Crippen LogP contribution in [0.5, 0.6) is 0 Å². The van der Waals surface area contributed by atoms with Gasteiger partial charge in [-0.2, -0.15) is 0 Å². The maximum atomic E-state index is 12.5. The Morgan fingerprint density at radius 3 is 2.77 bits per heavy atom. The van der Waals surface area contributed by atoms with Crippen molar-refractivity contribution in [1.29, 1.82) is 0 Å². The zero-order valence-corrected chi connectivity index (χ0v) is 13.0. The smallest absolute Gasteiger partial charge is 0.224 e. The number of carbonyl (C=O) groups is 1. The van der Waals surface area contributed by atoms with Gasteiger partial charge >= 0.3 is 0 Å². The topological polar surface area (TPSA) is 53.6 Å². The van der Waals surface area contributed by atoms with E-state index in [0.717, 1.165) is 52.4 Å². The molecule has 120 valence electrons. The molecule has 2 aliphatic rings. The molecular formula is C17H25N3O2. The maximum Gasteiger partial charge on any atom is 0.224 e. The van der Waals surface area contributed by atoms with E-state index in [2.05, 4.69) is 27.7 Å². The first-order valence-corrected chi connectivity index (χ1v) is 8.19. The molecule has 1 aromatic rings. The van der Waals surface area contributed by atoms with Gasteiger partial charge in [-0.25, -0.2) is 0 Å². The van der Waals surface area contributed by atoms with Crippen LogP contribution in [0.25, 0.3) is 0 Å². The second-order valence-electron chi connectivity index (χ2n) is 6.07. The van der Waals surface area contributed by atoms with Gasteiger partial charge in [0, 0.05) is 26.2 Å². The summed E-state index contributed by atoms with van der Waals surface area (Å²) in [4.78, 5) is 14.8. The van der Waals surface area contributed by atoms with Crippen LogP contribution in [0.2, 0.25) is 0 Å². The Morgan fingerprint density at radius 1 is 1.32 bits per heavy atom. The Morgan fingerprint density at radius 2 is 2.09 bits per heavy atom. The number of hydrogen-bond donors (Lipinski definition) is 2. The largest absolute Gasteiger partial charge is 0.379 e. The SMILES string of the molecule is O=C(NC(CN1CCOCC1)c1ccccc1)C1CCNC1. The number of ether oxygens (including phenoxy) is 1. The number of amides is 1. The molecular weight excluding hydrogens is 278 g/mol. The lowest BCUT2D eigenvalue weighted by Gasteiger charge is -2.31. The predicted molar refractivity (Wildman–Crippen MR) is 85.6 cm³/mol. The normalized spacial score (nSPS) is 24.1. The van der Waals surface area contributed by atoms with Crippen molar-refractivity contribution < 1.29 is 9.53 Å². The van der Waals surface area contributed by atoms with Gasteiger partial charge in [-0.05, 0) is 18.5 Å². The number of rotatable bonds is 5. The molecule has 2 heterocycles. The summed E-state index contributed by atoms with van der Waals surface area (Å²) in [6.45, 7) is 6.01. The van der Waals surface area contributed by atoms with E-state index in [0.29, 0.717) is 0 Å². The fourth-order valence-corrected chi connectivity index (χ4v) is 3.13. The van der Waals surface area contributed by atoms with Crippen LogP contribution in [0.1, 0.15) is 18.0 Å². The molecule has 2 fully saturated rings. The number of carbonyl (C=O) groups excluding carboxylic acids is 1. The van der Waals surface area contributed by atoms with E-state index in [1.54, 1.807) is 0 Å². The molecule has 5 nitrogen and oxygen atoms in total. The third kappa shape index (κ3) is 4.06. The molecule has 2 saturated heterocycles. The Balaban J connectivity index is 1.66. The Labute approximate surface area is 132 Å².